The van der Waals surface area contributed by atoms with Crippen molar-refractivity contribution in [3.05, 3.63) is 193 Å². The Morgan fingerprint density at radius 3 is 1.37 bits per heavy atom. The van der Waals surface area contributed by atoms with Gasteiger partial charge in [0.15, 0.2) is 0 Å². The van der Waals surface area contributed by atoms with E-state index in [-0.39, 0.29) is 5.41 Å². The van der Waals surface area contributed by atoms with Gasteiger partial charge in [0, 0.05) is 33.6 Å². The molecule has 2 heterocycles. The molecule has 0 radical (unpaired) electrons. The van der Waals surface area contributed by atoms with Crippen LogP contribution in [0.25, 0.3) is 83.3 Å². The fourth-order valence-corrected chi connectivity index (χ4v) is 9.60. The number of hydrogen-bond donors (Lipinski definition) is 0. The van der Waals surface area contributed by atoms with Crippen molar-refractivity contribution in [2.24, 2.45) is 0 Å². The first-order valence-corrected chi connectivity index (χ1v) is 19.2. The van der Waals surface area contributed by atoms with Gasteiger partial charge < -0.3 is 4.57 Å². The third-order valence-corrected chi connectivity index (χ3v) is 12.3. The number of nitrogens with zero attached hydrogens (tertiary/aromatic N) is 2. The van der Waals surface area contributed by atoms with Crippen LogP contribution in [0.4, 0.5) is 0 Å². The number of rotatable bonds is 5. The lowest BCUT2D eigenvalue weighted by molar-refractivity contribution is 0.550. The quantitative estimate of drug-likeness (QED) is 0.176. The average Bonchev–Trinajstić information content (AvgIpc) is 3.95. The van der Waals surface area contributed by atoms with Crippen LogP contribution in [0.2, 0.25) is 0 Å². The fourth-order valence-electron chi connectivity index (χ4n) is 9.60. The number of pyridine rings is 1. The van der Waals surface area contributed by atoms with Gasteiger partial charge in [-0.15, -0.1) is 0 Å². The molecule has 11 rings (SSSR count). The van der Waals surface area contributed by atoms with Crippen LogP contribution in [0.5, 0.6) is 0 Å². The highest BCUT2D eigenvalue weighted by Gasteiger charge is 2.45. The maximum atomic E-state index is 4.50. The van der Waals surface area contributed by atoms with Crippen LogP contribution >= 0.6 is 0 Å². The molecule has 1 saturated carbocycles. The summed E-state index contributed by atoms with van der Waals surface area (Å²) in [6, 6.07) is 65.0. The van der Waals surface area contributed by atoms with Crippen molar-refractivity contribution in [2.75, 3.05) is 0 Å². The number of benzene rings is 7. The third-order valence-electron chi connectivity index (χ3n) is 12.3. The minimum absolute atomic E-state index is 0.0783. The standard InChI is InChI=1S/C52H38N2/c1-3-12-50-45(9-1)46-10-2-4-13-51(46)54(50)42-26-22-38(23-27-42)41-25-29-44-43-28-24-40(33-47(43)52(48(44)34-41)30-6-7-31-52)37-16-14-35(15-17-37)36-18-20-39(21-19-36)49-11-5-8-32-53-49/h1-5,8-29,32-34H,6-7,30-31H2. The molecule has 9 aromatic rings. The zero-order chi connectivity index (χ0) is 35.6. The van der Waals surface area contributed by atoms with Gasteiger partial charge in [-0.2, -0.15) is 0 Å². The van der Waals surface area contributed by atoms with Crippen LogP contribution in [-0.4, -0.2) is 9.55 Å². The Morgan fingerprint density at radius 2 is 0.852 bits per heavy atom. The van der Waals surface area contributed by atoms with Crippen molar-refractivity contribution in [1.82, 2.24) is 9.55 Å². The van der Waals surface area contributed by atoms with Crippen LogP contribution in [0, 0.1) is 0 Å². The molecule has 0 aliphatic heterocycles. The lowest BCUT2D eigenvalue weighted by atomic mass is 9.75. The van der Waals surface area contributed by atoms with Gasteiger partial charge in [-0.05, 0) is 117 Å². The number of hydrogen-bond acceptors (Lipinski definition) is 1. The molecule has 256 valence electrons. The van der Waals surface area contributed by atoms with E-state index in [4.69, 9.17) is 0 Å². The van der Waals surface area contributed by atoms with Crippen molar-refractivity contribution < 1.29 is 0 Å². The van der Waals surface area contributed by atoms with Crippen molar-refractivity contribution in [3.8, 4) is 61.5 Å². The molecule has 2 nitrogen and oxygen atoms in total. The Balaban J connectivity index is 0.906. The van der Waals surface area contributed by atoms with Crippen LogP contribution < -0.4 is 0 Å². The van der Waals surface area contributed by atoms with E-state index in [1.165, 1.54) is 109 Å². The lowest BCUT2D eigenvalue weighted by Crippen LogP contribution is -2.20. The second kappa shape index (κ2) is 12.3. The van der Waals surface area contributed by atoms with Crippen LogP contribution in [0.15, 0.2) is 182 Å². The summed E-state index contributed by atoms with van der Waals surface area (Å²) < 4.78 is 2.40. The summed E-state index contributed by atoms with van der Waals surface area (Å²) in [4.78, 5) is 4.50. The number of fused-ring (bicyclic) bond motifs is 8. The van der Waals surface area contributed by atoms with Gasteiger partial charge in [0.25, 0.3) is 0 Å². The summed E-state index contributed by atoms with van der Waals surface area (Å²) in [5, 5.41) is 2.58. The van der Waals surface area contributed by atoms with Gasteiger partial charge in [-0.25, -0.2) is 0 Å². The number of aromatic nitrogens is 2. The van der Waals surface area contributed by atoms with Gasteiger partial charge in [0.2, 0.25) is 0 Å². The zero-order valence-corrected chi connectivity index (χ0v) is 30.0. The molecular weight excluding hydrogens is 653 g/mol. The van der Waals surface area contributed by atoms with Crippen molar-refractivity contribution in [2.45, 2.75) is 31.1 Å². The Morgan fingerprint density at radius 1 is 0.407 bits per heavy atom. The molecule has 0 amide bonds. The monoisotopic (exact) mass is 690 g/mol. The Bertz CT molecular complexity index is 2780. The minimum Gasteiger partial charge on any atom is -0.309 e. The molecule has 54 heavy (non-hydrogen) atoms. The van der Waals surface area contributed by atoms with Crippen molar-refractivity contribution in [3.63, 3.8) is 0 Å². The van der Waals surface area contributed by atoms with Gasteiger partial charge in [-0.1, -0.05) is 140 Å². The van der Waals surface area contributed by atoms with E-state index >= 15 is 0 Å². The molecule has 2 aromatic heterocycles. The SMILES string of the molecule is c1ccc(-c2ccc(-c3ccc(-c4ccc5c(c4)C4(CCCC4)c4cc(-c6ccc(-n7c8ccccc8c8ccccc87)cc6)ccc4-5)cc3)cc2)nc1. The zero-order valence-electron chi connectivity index (χ0n) is 30.0. The number of para-hydroxylation sites is 2. The van der Waals surface area contributed by atoms with E-state index in [2.05, 4.69) is 173 Å². The molecule has 1 spiro atoms. The summed E-state index contributed by atoms with van der Waals surface area (Å²) in [5.74, 6) is 0. The molecule has 0 bridgehead atoms. The van der Waals surface area contributed by atoms with Gasteiger partial charge in [0.05, 0.1) is 16.7 Å². The Hall–Kier alpha value is -6.51. The van der Waals surface area contributed by atoms with E-state index in [9.17, 15) is 0 Å². The van der Waals surface area contributed by atoms with E-state index in [1.807, 2.05) is 18.3 Å². The summed E-state index contributed by atoms with van der Waals surface area (Å²) in [6.07, 6.45) is 6.81. The molecule has 2 aliphatic carbocycles. The van der Waals surface area contributed by atoms with Gasteiger partial charge >= 0.3 is 0 Å². The van der Waals surface area contributed by atoms with E-state index < -0.39 is 0 Å². The summed E-state index contributed by atoms with van der Waals surface area (Å²) in [5.41, 5.74) is 19.3. The van der Waals surface area contributed by atoms with E-state index in [1.54, 1.807) is 0 Å². The Kier molecular flexibility index (Phi) is 7.07. The highest BCUT2D eigenvalue weighted by Crippen LogP contribution is 2.58. The molecule has 1 fully saturated rings. The van der Waals surface area contributed by atoms with Gasteiger partial charge in [-0.3, -0.25) is 4.98 Å². The Labute approximate surface area is 316 Å². The average molecular weight is 691 g/mol. The van der Waals surface area contributed by atoms with Crippen LogP contribution in [0.3, 0.4) is 0 Å². The predicted molar refractivity (Wildman–Crippen MR) is 225 cm³/mol. The molecule has 2 heteroatoms. The van der Waals surface area contributed by atoms with Crippen molar-refractivity contribution in [1.29, 1.82) is 0 Å². The topological polar surface area (TPSA) is 17.8 Å². The second-order valence-electron chi connectivity index (χ2n) is 15.1. The molecule has 2 aliphatic rings. The molecule has 7 aromatic carbocycles. The fraction of sp³-hybridized carbons (Fsp3) is 0.0962. The highest BCUT2D eigenvalue weighted by molar-refractivity contribution is 6.09. The first kappa shape index (κ1) is 31.1. The van der Waals surface area contributed by atoms with E-state index in [0.29, 0.717) is 0 Å². The normalized spacial score (nSPS) is 14.1. The molecule has 0 atom stereocenters. The van der Waals surface area contributed by atoms with Gasteiger partial charge in [0.1, 0.15) is 0 Å². The predicted octanol–water partition coefficient (Wildman–Crippen LogP) is 13.7. The summed E-state index contributed by atoms with van der Waals surface area (Å²) in [6.45, 7) is 0. The largest absolute Gasteiger partial charge is 0.309 e. The van der Waals surface area contributed by atoms with Crippen molar-refractivity contribution >= 4 is 21.8 Å². The lowest BCUT2D eigenvalue weighted by Gasteiger charge is -2.27. The van der Waals surface area contributed by atoms with Crippen LogP contribution in [-0.2, 0) is 5.41 Å². The first-order valence-electron chi connectivity index (χ1n) is 19.2. The third kappa shape index (κ3) is 4.83. The first-order chi connectivity index (χ1) is 26.7. The maximum absolute atomic E-state index is 4.50. The molecule has 0 unspecified atom stereocenters. The molecule has 0 saturated heterocycles. The van der Waals surface area contributed by atoms with E-state index in [0.717, 1.165) is 11.3 Å². The second-order valence-corrected chi connectivity index (χ2v) is 15.1. The summed E-state index contributed by atoms with van der Waals surface area (Å²) >= 11 is 0. The minimum atomic E-state index is 0.0783. The molecular formula is C52H38N2. The smallest absolute Gasteiger partial charge is 0.0701 e. The maximum Gasteiger partial charge on any atom is 0.0701 e. The summed E-state index contributed by atoms with van der Waals surface area (Å²) in [7, 11) is 0. The molecule has 0 N–H and O–H groups in total. The highest BCUT2D eigenvalue weighted by atomic mass is 15.0. The van der Waals surface area contributed by atoms with Crippen LogP contribution in [0.1, 0.15) is 36.8 Å².